The SMILES string of the molecule is C=CCN(C(=N)NN=O)[N+](=O)[O-]. The molecule has 8 heteroatoms. The molecule has 0 atom stereocenters. The normalized spacial score (nSPS) is 8.33. The van der Waals surface area contributed by atoms with Gasteiger partial charge in [-0.1, -0.05) is 11.1 Å². The fourth-order valence-corrected chi connectivity index (χ4v) is 0.463. The first-order chi connectivity index (χ1) is 5.63. The molecule has 0 aliphatic heterocycles. The Morgan fingerprint density at radius 2 is 2.50 bits per heavy atom. The van der Waals surface area contributed by atoms with E-state index in [9.17, 15) is 15.0 Å². The van der Waals surface area contributed by atoms with Gasteiger partial charge in [-0.15, -0.1) is 11.5 Å². The van der Waals surface area contributed by atoms with Crippen LogP contribution in [0.2, 0.25) is 0 Å². The summed E-state index contributed by atoms with van der Waals surface area (Å²) in [7, 11) is 0. The van der Waals surface area contributed by atoms with Crippen LogP contribution in [0.15, 0.2) is 17.9 Å². The number of hydrogen-bond donors (Lipinski definition) is 2. The molecular formula is C4H7N5O3. The molecule has 0 aromatic carbocycles. The fourth-order valence-electron chi connectivity index (χ4n) is 0.463. The van der Waals surface area contributed by atoms with Gasteiger partial charge in [-0.2, -0.15) is 0 Å². The van der Waals surface area contributed by atoms with E-state index in [1.807, 2.05) is 0 Å². The maximum absolute atomic E-state index is 10.2. The summed E-state index contributed by atoms with van der Waals surface area (Å²) in [5.74, 6) is -0.699. The van der Waals surface area contributed by atoms with Crippen molar-refractivity contribution in [3.63, 3.8) is 0 Å². The smallest absolute Gasteiger partial charge is 0.263 e. The van der Waals surface area contributed by atoms with Gasteiger partial charge in [0.15, 0.2) is 5.03 Å². The lowest BCUT2D eigenvalue weighted by atomic mass is 10.6. The molecule has 0 aliphatic rings. The monoisotopic (exact) mass is 173 g/mol. The van der Waals surface area contributed by atoms with E-state index < -0.39 is 11.0 Å². The highest BCUT2D eigenvalue weighted by atomic mass is 16.7. The lowest BCUT2D eigenvalue weighted by Crippen LogP contribution is -2.42. The van der Waals surface area contributed by atoms with E-state index in [2.05, 4.69) is 11.9 Å². The van der Waals surface area contributed by atoms with E-state index in [0.29, 0.717) is 5.01 Å². The summed E-state index contributed by atoms with van der Waals surface area (Å²) in [6.07, 6.45) is 1.23. The zero-order valence-electron chi connectivity index (χ0n) is 6.06. The molecule has 0 spiro atoms. The standard InChI is InChI=1S/C4H7N5O3/c1-2-3-8(9(11)12)4(5)6-7-10/h2H,1,3H2,(H2,5,6,10). The van der Waals surface area contributed by atoms with Crippen molar-refractivity contribution in [2.24, 2.45) is 5.29 Å². The van der Waals surface area contributed by atoms with Crippen molar-refractivity contribution in [2.45, 2.75) is 0 Å². The van der Waals surface area contributed by atoms with Gasteiger partial charge in [0.1, 0.15) is 6.54 Å². The van der Waals surface area contributed by atoms with Crippen LogP contribution in [0.3, 0.4) is 0 Å². The number of rotatable bonds is 4. The summed E-state index contributed by atoms with van der Waals surface area (Å²) in [6, 6.07) is 0. The lowest BCUT2D eigenvalue weighted by Gasteiger charge is -2.09. The van der Waals surface area contributed by atoms with Gasteiger partial charge >= 0.3 is 0 Å². The first-order valence-electron chi connectivity index (χ1n) is 2.83. The third kappa shape index (κ3) is 2.73. The zero-order chi connectivity index (χ0) is 9.56. The largest absolute Gasteiger partial charge is 0.278 e. The first-order valence-corrected chi connectivity index (χ1v) is 2.83. The van der Waals surface area contributed by atoms with Gasteiger partial charge in [0.25, 0.3) is 5.96 Å². The molecule has 0 unspecified atom stereocenters. The van der Waals surface area contributed by atoms with Crippen LogP contribution in [0.25, 0.3) is 0 Å². The summed E-state index contributed by atoms with van der Waals surface area (Å²) >= 11 is 0. The molecule has 0 rings (SSSR count). The Morgan fingerprint density at radius 3 is 2.83 bits per heavy atom. The average Bonchev–Trinajstić information content (AvgIpc) is 1.99. The second kappa shape index (κ2) is 4.77. The predicted octanol–water partition coefficient (Wildman–Crippen LogP) is -0.128. The van der Waals surface area contributed by atoms with E-state index in [0.717, 1.165) is 0 Å². The molecule has 0 aromatic heterocycles. The Kier molecular flexibility index (Phi) is 3.98. The molecule has 8 nitrogen and oxygen atoms in total. The number of nitrogens with zero attached hydrogens (tertiary/aromatic N) is 3. The van der Waals surface area contributed by atoms with Crippen molar-refractivity contribution in [3.8, 4) is 0 Å². The predicted molar refractivity (Wildman–Crippen MR) is 40.6 cm³/mol. The van der Waals surface area contributed by atoms with E-state index in [-0.39, 0.29) is 6.54 Å². The van der Waals surface area contributed by atoms with Crippen molar-refractivity contribution in [1.29, 1.82) is 5.41 Å². The van der Waals surface area contributed by atoms with Gasteiger partial charge in [0, 0.05) is 0 Å². The fraction of sp³-hybridized carbons (Fsp3) is 0.250. The molecule has 0 aromatic rings. The van der Waals surface area contributed by atoms with Crippen LogP contribution in [0.5, 0.6) is 0 Å². The van der Waals surface area contributed by atoms with Crippen LogP contribution in [-0.2, 0) is 0 Å². The van der Waals surface area contributed by atoms with Crippen LogP contribution >= 0.6 is 0 Å². The van der Waals surface area contributed by atoms with Crippen molar-refractivity contribution in [1.82, 2.24) is 10.4 Å². The molecule has 0 amide bonds. The third-order valence-electron chi connectivity index (χ3n) is 0.909. The topological polar surface area (TPSA) is 112 Å². The average molecular weight is 173 g/mol. The van der Waals surface area contributed by atoms with Gasteiger partial charge in [0.05, 0.1) is 5.29 Å². The Hall–Kier alpha value is -1.99. The number of nitro groups is 1. The molecule has 0 aliphatic carbocycles. The Balaban J connectivity index is 4.27. The van der Waals surface area contributed by atoms with Gasteiger partial charge in [0.2, 0.25) is 0 Å². The van der Waals surface area contributed by atoms with Gasteiger partial charge in [-0.25, -0.2) is 15.5 Å². The Labute approximate surface area is 67.4 Å². The number of guanidine groups is 1. The Morgan fingerprint density at radius 1 is 1.92 bits per heavy atom. The van der Waals surface area contributed by atoms with Crippen molar-refractivity contribution in [2.75, 3.05) is 6.54 Å². The molecule has 0 saturated heterocycles. The van der Waals surface area contributed by atoms with Crippen molar-refractivity contribution >= 4 is 5.96 Å². The number of nitroso groups, excluding NO2 is 1. The molecule has 0 radical (unpaired) electrons. The van der Waals surface area contributed by atoms with E-state index in [1.54, 1.807) is 5.43 Å². The summed E-state index contributed by atoms with van der Waals surface area (Å²) < 4.78 is 0. The lowest BCUT2D eigenvalue weighted by molar-refractivity contribution is -0.628. The highest BCUT2D eigenvalue weighted by molar-refractivity contribution is 5.75. The van der Waals surface area contributed by atoms with Gasteiger partial charge in [-0.05, 0) is 0 Å². The second-order valence-corrected chi connectivity index (χ2v) is 1.66. The minimum absolute atomic E-state index is 0.172. The maximum Gasteiger partial charge on any atom is 0.278 e. The molecule has 0 heterocycles. The van der Waals surface area contributed by atoms with Crippen molar-refractivity contribution in [3.05, 3.63) is 27.7 Å². The summed E-state index contributed by atoms with van der Waals surface area (Å²) in [4.78, 5) is 19.7. The molecule has 12 heavy (non-hydrogen) atoms. The third-order valence-corrected chi connectivity index (χ3v) is 0.909. The molecule has 2 N–H and O–H groups in total. The van der Waals surface area contributed by atoms with Crippen LogP contribution in [0, 0.1) is 20.4 Å². The molecular weight excluding hydrogens is 166 g/mol. The highest BCUT2D eigenvalue weighted by Crippen LogP contribution is 1.88. The van der Waals surface area contributed by atoms with Crippen molar-refractivity contribution < 1.29 is 5.03 Å². The number of nitrogens with one attached hydrogen (secondary N) is 2. The second-order valence-electron chi connectivity index (χ2n) is 1.66. The first kappa shape index (κ1) is 10.0. The minimum Gasteiger partial charge on any atom is -0.263 e. The minimum atomic E-state index is -0.845. The van der Waals surface area contributed by atoms with Gasteiger partial charge < -0.3 is 0 Å². The van der Waals surface area contributed by atoms with Crippen LogP contribution in [0.4, 0.5) is 0 Å². The van der Waals surface area contributed by atoms with Crippen LogP contribution < -0.4 is 5.43 Å². The molecule has 0 bridgehead atoms. The van der Waals surface area contributed by atoms with Gasteiger partial charge in [-0.3, -0.25) is 5.41 Å². The van der Waals surface area contributed by atoms with Crippen LogP contribution in [0.1, 0.15) is 0 Å². The summed E-state index contributed by atoms with van der Waals surface area (Å²) in [5, 5.41) is 18.7. The summed E-state index contributed by atoms with van der Waals surface area (Å²) in [5.41, 5.74) is 1.60. The number of hydrazine groups is 1. The molecule has 0 fully saturated rings. The van der Waals surface area contributed by atoms with E-state index >= 15 is 0 Å². The zero-order valence-corrected chi connectivity index (χ0v) is 6.06. The van der Waals surface area contributed by atoms with E-state index in [4.69, 9.17) is 5.41 Å². The maximum atomic E-state index is 10.2. The van der Waals surface area contributed by atoms with E-state index in [1.165, 1.54) is 6.08 Å². The number of hydrogen-bond acceptors (Lipinski definition) is 5. The highest BCUT2D eigenvalue weighted by Gasteiger charge is 2.18. The molecule has 0 saturated carbocycles. The molecule has 66 valence electrons. The quantitative estimate of drug-likeness (QED) is 0.153. The Bertz CT molecular complexity index is 215. The summed E-state index contributed by atoms with van der Waals surface area (Å²) in [6.45, 7) is 3.07. The van der Waals surface area contributed by atoms with Crippen LogP contribution in [-0.4, -0.2) is 22.5 Å².